The van der Waals surface area contributed by atoms with Gasteiger partial charge < -0.3 is 15.2 Å². The highest BCUT2D eigenvalue weighted by Gasteiger charge is 2.65. The second kappa shape index (κ2) is 11.3. The van der Waals surface area contributed by atoms with E-state index in [1.165, 1.54) is 12.0 Å². The van der Waals surface area contributed by atoms with E-state index in [1.54, 1.807) is 12.5 Å². The van der Waals surface area contributed by atoms with Crippen molar-refractivity contribution in [3.63, 3.8) is 0 Å². The molecule has 2 fully saturated rings. The van der Waals surface area contributed by atoms with Crippen LogP contribution < -0.4 is 5.73 Å². The third kappa shape index (κ3) is 5.43. The van der Waals surface area contributed by atoms with E-state index in [9.17, 15) is 4.79 Å². The van der Waals surface area contributed by atoms with Crippen molar-refractivity contribution in [2.24, 2.45) is 51.6 Å². The molecule has 2 bridgehead atoms. The van der Waals surface area contributed by atoms with Crippen molar-refractivity contribution in [1.82, 2.24) is 0 Å². The summed E-state index contributed by atoms with van der Waals surface area (Å²) in [5, 5.41) is 0. The Morgan fingerprint density at radius 3 is 2.44 bits per heavy atom. The number of ether oxygens (including phenoxy) is 2. The lowest BCUT2D eigenvalue weighted by molar-refractivity contribution is -0.173. The van der Waals surface area contributed by atoms with Crippen LogP contribution in [0, 0.1) is 45.8 Å². The highest BCUT2D eigenvalue weighted by atomic mass is 16.5. The molecule has 2 N–H and O–H groups in total. The van der Waals surface area contributed by atoms with Crippen LogP contribution in [0.15, 0.2) is 35.6 Å². The van der Waals surface area contributed by atoms with Gasteiger partial charge in [0, 0.05) is 11.0 Å². The molecule has 4 heteroatoms. The summed E-state index contributed by atoms with van der Waals surface area (Å²) in [6.07, 6.45) is 16.6. The van der Waals surface area contributed by atoms with Gasteiger partial charge in [-0.3, -0.25) is 4.79 Å². The molecule has 0 aromatic heterocycles. The average Bonchev–Trinajstić information content (AvgIpc) is 2.88. The maximum absolute atomic E-state index is 12.6. The quantitative estimate of drug-likeness (QED) is 0.212. The number of rotatable bonds is 10. The van der Waals surface area contributed by atoms with Gasteiger partial charge in [-0.25, -0.2) is 0 Å². The summed E-state index contributed by atoms with van der Waals surface area (Å²) >= 11 is 0. The van der Waals surface area contributed by atoms with Crippen LogP contribution in [0.3, 0.4) is 0 Å². The molecule has 1 heterocycles. The van der Waals surface area contributed by atoms with Crippen LogP contribution in [0.5, 0.6) is 0 Å². The molecule has 5 unspecified atom stereocenters. The van der Waals surface area contributed by atoms with Gasteiger partial charge in [-0.15, -0.1) is 0 Å². The number of fused-ring (bicyclic) bond motifs is 3. The molecule has 4 aliphatic rings. The van der Waals surface area contributed by atoms with Gasteiger partial charge in [0.2, 0.25) is 0 Å². The molecule has 2 saturated carbocycles. The normalized spacial score (nSPS) is 37.4. The van der Waals surface area contributed by atoms with Crippen molar-refractivity contribution in [2.45, 2.75) is 138 Å². The van der Waals surface area contributed by atoms with Crippen LogP contribution in [-0.4, -0.2) is 29.6 Å². The van der Waals surface area contributed by atoms with E-state index in [-0.39, 0.29) is 39.7 Å². The van der Waals surface area contributed by atoms with E-state index in [2.05, 4.69) is 87.7 Å². The summed E-state index contributed by atoms with van der Waals surface area (Å²) in [5.74, 6) is 2.37. The van der Waals surface area contributed by atoms with Crippen LogP contribution in [0.4, 0.5) is 0 Å². The lowest BCUT2D eigenvalue weighted by atomic mass is 9.40. The Hall–Kier alpha value is -1.39. The van der Waals surface area contributed by atoms with Crippen molar-refractivity contribution < 1.29 is 14.3 Å². The molecular weight excluding hydrogens is 506 g/mol. The number of hydrogen-bond donors (Lipinski definition) is 1. The molecule has 0 radical (unpaired) electrons. The first-order chi connectivity index (χ1) is 19.0. The van der Waals surface area contributed by atoms with E-state index in [0.717, 1.165) is 38.5 Å². The van der Waals surface area contributed by atoms with Crippen LogP contribution in [0.2, 0.25) is 0 Å². The summed E-state index contributed by atoms with van der Waals surface area (Å²) in [5.41, 5.74) is 9.26. The zero-order valence-corrected chi connectivity index (χ0v) is 28.2. The fourth-order valence-corrected chi connectivity index (χ4v) is 9.18. The van der Waals surface area contributed by atoms with E-state index in [0.29, 0.717) is 30.3 Å². The molecular formula is C37H61NO3. The van der Waals surface area contributed by atoms with Crippen molar-refractivity contribution in [3.05, 3.63) is 35.6 Å². The monoisotopic (exact) mass is 567 g/mol. The minimum absolute atomic E-state index is 0.0446. The van der Waals surface area contributed by atoms with Crippen LogP contribution in [-0.2, 0) is 14.3 Å². The van der Waals surface area contributed by atoms with Gasteiger partial charge in [0.05, 0.1) is 19.0 Å². The highest BCUT2D eigenvalue weighted by Crippen LogP contribution is 2.71. The zero-order chi connectivity index (χ0) is 30.6. The second-order valence-electron chi connectivity index (χ2n) is 16.2. The summed E-state index contributed by atoms with van der Waals surface area (Å²) < 4.78 is 13.1. The summed E-state index contributed by atoms with van der Waals surface area (Å²) in [6, 6.07) is 0. The standard InChI is InChI=1S/C37H61NO3/c1-12-32(40-23-35(11,38)25(4)5)28(21-26(6)39)29-13-14-31-30(33(29,8)9)15-16-36-19-20-41-37(22-36,27(7)24(2)3)18-17-34(31,36)10/h15,19-21,24-25,27,29,31-32H,12-14,16-18,22-23,38H2,1-11H3/b28-21+/t27-,29?,31?,32?,34?,35?,36-,37-/m1/s1. The SMILES string of the molecule is CCC(OCC(C)(N)C(C)C)/C(=C/C(C)=O)C1CCC2C(=CC[C@]34C=CO[C@]([C@H](C)C(C)C)(CCC23C)C4)C1(C)C. The van der Waals surface area contributed by atoms with Crippen molar-refractivity contribution in [1.29, 1.82) is 0 Å². The predicted octanol–water partition coefficient (Wildman–Crippen LogP) is 8.80. The van der Waals surface area contributed by atoms with E-state index < -0.39 is 5.54 Å². The van der Waals surface area contributed by atoms with Gasteiger partial charge in [-0.2, -0.15) is 0 Å². The number of nitrogens with two attached hydrogens (primary N) is 1. The molecule has 0 aromatic carbocycles. The fourth-order valence-electron chi connectivity index (χ4n) is 9.18. The van der Waals surface area contributed by atoms with Crippen molar-refractivity contribution in [3.8, 4) is 0 Å². The van der Waals surface area contributed by atoms with Crippen molar-refractivity contribution >= 4 is 5.78 Å². The highest BCUT2D eigenvalue weighted by molar-refractivity contribution is 5.88. The number of carbonyl (C=O) groups is 1. The molecule has 0 aromatic rings. The molecule has 0 amide bonds. The molecule has 1 aliphatic heterocycles. The van der Waals surface area contributed by atoms with E-state index in [4.69, 9.17) is 15.2 Å². The molecule has 1 spiro atoms. The molecule has 0 saturated heterocycles. The molecule has 4 rings (SSSR count). The van der Waals surface area contributed by atoms with Gasteiger partial charge in [0.25, 0.3) is 0 Å². The van der Waals surface area contributed by atoms with Crippen LogP contribution in [0.1, 0.15) is 121 Å². The maximum Gasteiger partial charge on any atom is 0.152 e. The minimum Gasteiger partial charge on any atom is -0.495 e. The maximum atomic E-state index is 12.6. The van der Waals surface area contributed by atoms with Gasteiger partial charge in [-0.05, 0) is 117 Å². The Kier molecular flexibility index (Phi) is 8.94. The number of ketones is 1. The first kappa shape index (κ1) is 32.5. The molecule has 232 valence electrons. The smallest absolute Gasteiger partial charge is 0.152 e. The molecule has 41 heavy (non-hydrogen) atoms. The number of hydrogen-bond acceptors (Lipinski definition) is 4. The van der Waals surface area contributed by atoms with Crippen molar-refractivity contribution in [2.75, 3.05) is 6.61 Å². The van der Waals surface area contributed by atoms with Crippen LogP contribution in [0.25, 0.3) is 0 Å². The topological polar surface area (TPSA) is 61.5 Å². The average molecular weight is 568 g/mol. The van der Waals surface area contributed by atoms with Gasteiger partial charge in [0.1, 0.15) is 5.60 Å². The first-order valence-corrected chi connectivity index (χ1v) is 16.6. The van der Waals surface area contributed by atoms with E-state index >= 15 is 0 Å². The number of allylic oxidation sites excluding steroid dienone is 4. The summed E-state index contributed by atoms with van der Waals surface area (Å²) in [7, 11) is 0. The Labute approximate surface area is 252 Å². The Morgan fingerprint density at radius 1 is 1.17 bits per heavy atom. The van der Waals surface area contributed by atoms with Gasteiger partial charge in [0.15, 0.2) is 5.78 Å². The van der Waals surface area contributed by atoms with Gasteiger partial charge in [-0.1, -0.05) is 74.0 Å². The lowest BCUT2D eigenvalue weighted by Crippen LogP contribution is -2.61. The van der Waals surface area contributed by atoms with Gasteiger partial charge >= 0.3 is 0 Å². The Bertz CT molecular complexity index is 1080. The molecule has 4 nitrogen and oxygen atoms in total. The van der Waals surface area contributed by atoms with E-state index in [1.807, 2.05) is 6.08 Å². The summed E-state index contributed by atoms with van der Waals surface area (Å²) in [4.78, 5) is 12.6. The summed E-state index contributed by atoms with van der Waals surface area (Å²) in [6.45, 7) is 25.3. The zero-order valence-electron chi connectivity index (χ0n) is 28.2. The van der Waals surface area contributed by atoms with Crippen LogP contribution >= 0.6 is 0 Å². The molecule has 3 aliphatic carbocycles. The predicted molar refractivity (Wildman–Crippen MR) is 170 cm³/mol. The second-order valence-corrected chi connectivity index (χ2v) is 16.2. The third-order valence-electron chi connectivity index (χ3n) is 13.0. The Morgan fingerprint density at radius 2 is 1.85 bits per heavy atom. The third-order valence-corrected chi connectivity index (χ3v) is 13.0. The molecule has 8 atom stereocenters. The fraction of sp³-hybridized carbons (Fsp3) is 0.811. The number of carbonyl (C=O) groups excluding carboxylic acids is 1. The minimum atomic E-state index is -0.406. The Balaban J connectivity index is 1.68. The first-order valence-electron chi connectivity index (χ1n) is 16.6. The largest absolute Gasteiger partial charge is 0.495 e. The lowest BCUT2D eigenvalue weighted by Gasteiger charge is -2.66.